The number of ether oxygens (including phenoxy) is 1. The minimum absolute atomic E-state index is 0.229. The second-order valence-electron chi connectivity index (χ2n) is 5.60. The highest BCUT2D eigenvalue weighted by Crippen LogP contribution is 2.31. The molecular formula is C16H24N4O. The van der Waals surface area contributed by atoms with Gasteiger partial charge in [-0.3, -0.25) is 4.68 Å². The first kappa shape index (κ1) is 15.4. The summed E-state index contributed by atoms with van der Waals surface area (Å²) in [6.07, 6.45) is 1.73. The van der Waals surface area contributed by atoms with Gasteiger partial charge < -0.3 is 15.4 Å². The van der Waals surface area contributed by atoms with Crippen molar-refractivity contribution in [2.45, 2.75) is 25.9 Å². The van der Waals surface area contributed by atoms with E-state index in [-0.39, 0.29) is 12.1 Å². The van der Waals surface area contributed by atoms with Crippen molar-refractivity contribution in [2.24, 2.45) is 5.73 Å². The van der Waals surface area contributed by atoms with Crippen LogP contribution in [-0.2, 0) is 0 Å². The number of aromatic nitrogens is 2. The molecule has 1 heterocycles. The Balaban J connectivity index is 2.46. The number of hydrogen-bond acceptors (Lipinski definition) is 4. The molecule has 2 rings (SSSR count). The Labute approximate surface area is 126 Å². The Kier molecular flexibility index (Phi) is 4.53. The summed E-state index contributed by atoms with van der Waals surface area (Å²) in [5, 5.41) is 4.39. The zero-order valence-electron chi connectivity index (χ0n) is 13.4. The first-order valence-corrected chi connectivity index (χ1v) is 7.10. The quantitative estimate of drug-likeness (QED) is 0.918. The Morgan fingerprint density at radius 1 is 1.29 bits per heavy atom. The summed E-state index contributed by atoms with van der Waals surface area (Å²) in [7, 11) is 5.68. The first-order chi connectivity index (χ1) is 9.95. The predicted octanol–water partition coefficient (Wildman–Crippen LogP) is 2.59. The van der Waals surface area contributed by atoms with Crippen molar-refractivity contribution in [1.82, 2.24) is 9.78 Å². The van der Waals surface area contributed by atoms with Crippen LogP contribution in [0, 0.1) is 0 Å². The van der Waals surface area contributed by atoms with E-state index < -0.39 is 0 Å². The zero-order chi connectivity index (χ0) is 15.6. The maximum Gasteiger partial charge on any atom is 0.161 e. The van der Waals surface area contributed by atoms with Crippen LogP contribution in [0.25, 0.3) is 0 Å². The average Bonchev–Trinajstić information content (AvgIpc) is 2.90. The van der Waals surface area contributed by atoms with Crippen LogP contribution in [0.2, 0.25) is 0 Å². The molecule has 2 aromatic rings. The molecule has 0 fully saturated rings. The highest BCUT2D eigenvalue weighted by atomic mass is 16.5. The highest BCUT2D eigenvalue weighted by Gasteiger charge is 2.22. The minimum atomic E-state index is -0.273. The summed E-state index contributed by atoms with van der Waals surface area (Å²) in [5.74, 6) is 0.728. The molecule has 5 nitrogen and oxygen atoms in total. The summed E-state index contributed by atoms with van der Waals surface area (Å²) in [6, 6.07) is 8.17. The fraction of sp³-hybridized carbons (Fsp3) is 0.438. The Hall–Kier alpha value is -2.01. The van der Waals surface area contributed by atoms with E-state index in [9.17, 15) is 0 Å². The lowest BCUT2D eigenvalue weighted by molar-refractivity contribution is 0.401. The van der Waals surface area contributed by atoms with Gasteiger partial charge in [0.2, 0.25) is 0 Å². The second kappa shape index (κ2) is 6.18. The van der Waals surface area contributed by atoms with Gasteiger partial charge in [0.15, 0.2) is 5.75 Å². The predicted molar refractivity (Wildman–Crippen MR) is 86.0 cm³/mol. The van der Waals surface area contributed by atoms with Gasteiger partial charge in [0.05, 0.1) is 19.3 Å². The third-order valence-electron chi connectivity index (χ3n) is 3.55. The van der Waals surface area contributed by atoms with Gasteiger partial charge in [-0.1, -0.05) is 12.1 Å². The van der Waals surface area contributed by atoms with Crippen LogP contribution in [0.15, 0.2) is 30.5 Å². The van der Waals surface area contributed by atoms with Crippen LogP contribution in [-0.4, -0.2) is 31.0 Å². The fourth-order valence-electron chi connectivity index (χ4n) is 2.37. The van der Waals surface area contributed by atoms with E-state index >= 15 is 0 Å². The average molecular weight is 288 g/mol. The second-order valence-corrected chi connectivity index (χ2v) is 5.60. The van der Waals surface area contributed by atoms with Crippen molar-refractivity contribution in [1.29, 1.82) is 0 Å². The lowest BCUT2D eigenvalue weighted by Gasteiger charge is -2.20. The van der Waals surface area contributed by atoms with Crippen molar-refractivity contribution in [2.75, 3.05) is 26.1 Å². The molecule has 0 aliphatic heterocycles. The van der Waals surface area contributed by atoms with Crippen LogP contribution in [0.4, 0.5) is 5.69 Å². The van der Waals surface area contributed by atoms with Gasteiger partial charge in [-0.25, -0.2) is 0 Å². The van der Waals surface area contributed by atoms with Crippen LogP contribution >= 0.6 is 0 Å². The highest BCUT2D eigenvalue weighted by molar-refractivity contribution is 5.49. The molecule has 1 unspecified atom stereocenters. The molecule has 0 saturated carbocycles. The molecule has 2 N–H and O–H groups in total. The van der Waals surface area contributed by atoms with E-state index in [0.29, 0.717) is 0 Å². The summed E-state index contributed by atoms with van der Waals surface area (Å²) >= 11 is 0. The molecule has 1 atom stereocenters. The Morgan fingerprint density at radius 3 is 2.57 bits per heavy atom. The lowest BCUT2D eigenvalue weighted by Crippen LogP contribution is -2.20. The summed E-state index contributed by atoms with van der Waals surface area (Å²) in [4.78, 5) is 2.06. The number of anilines is 1. The van der Waals surface area contributed by atoms with E-state index in [1.807, 2.05) is 30.9 Å². The molecule has 114 valence electrons. The molecule has 0 spiro atoms. The number of rotatable bonds is 5. The third-order valence-corrected chi connectivity index (χ3v) is 3.55. The monoisotopic (exact) mass is 288 g/mol. The van der Waals surface area contributed by atoms with Gasteiger partial charge >= 0.3 is 0 Å². The molecular weight excluding hydrogens is 264 g/mol. The van der Waals surface area contributed by atoms with Gasteiger partial charge in [0.25, 0.3) is 0 Å². The molecule has 0 saturated heterocycles. The summed E-state index contributed by atoms with van der Waals surface area (Å²) in [5.41, 5.74) is 9.56. The van der Waals surface area contributed by atoms with Crippen molar-refractivity contribution in [3.63, 3.8) is 0 Å². The van der Waals surface area contributed by atoms with Gasteiger partial charge in [0.1, 0.15) is 5.69 Å². The maximum absolute atomic E-state index is 6.49. The van der Waals surface area contributed by atoms with Crippen molar-refractivity contribution < 1.29 is 4.74 Å². The number of nitrogens with two attached hydrogens (primary N) is 1. The smallest absolute Gasteiger partial charge is 0.161 e. The van der Waals surface area contributed by atoms with Crippen LogP contribution in [0.3, 0.4) is 0 Å². The topological polar surface area (TPSA) is 56.3 Å². The summed E-state index contributed by atoms with van der Waals surface area (Å²) < 4.78 is 7.35. The van der Waals surface area contributed by atoms with Crippen LogP contribution < -0.4 is 15.4 Å². The van der Waals surface area contributed by atoms with Crippen molar-refractivity contribution >= 4 is 5.69 Å². The maximum atomic E-state index is 6.49. The molecule has 0 amide bonds. The minimum Gasteiger partial charge on any atom is -0.493 e. The molecule has 21 heavy (non-hydrogen) atoms. The van der Waals surface area contributed by atoms with Crippen molar-refractivity contribution in [3.8, 4) is 5.75 Å². The molecule has 1 aromatic carbocycles. The zero-order valence-corrected chi connectivity index (χ0v) is 13.4. The first-order valence-electron chi connectivity index (χ1n) is 7.10. The molecule has 0 radical (unpaired) electrons. The van der Waals surface area contributed by atoms with Gasteiger partial charge in [-0.2, -0.15) is 5.10 Å². The standard InChI is InChI=1S/C16H24N4O/c1-11(2)20-16(14(21-5)10-18-20)15(17)12-7-6-8-13(9-12)19(3)4/h6-11,15H,17H2,1-5H3. The number of nitrogens with zero attached hydrogens (tertiary/aromatic N) is 3. The van der Waals surface area contributed by atoms with Gasteiger partial charge in [-0.05, 0) is 31.5 Å². The van der Waals surface area contributed by atoms with Gasteiger partial charge in [0, 0.05) is 25.8 Å². The molecule has 0 bridgehead atoms. The normalized spacial score (nSPS) is 12.5. The number of benzene rings is 1. The molecule has 0 aliphatic carbocycles. The van der Waals surface area contributed by atoms with Gasteiger partial charge in [-0.15, -0.1) is 0 Å². The van der Waals surface area contributed by atoms with Crippen LogP contribution in [0.1, 0.15) is 37.2 Å². The van der Waals surface area contributed by atoms with E-state index in [0.717, 1.165) is 22.7 Å². The van der Waals surface area contributed by atoms with E-state index in [1.165, 1.54) is 0 Å². The SMILES string of the molecule is COc1cnn(C(C)C)c1C(N)c1cccc(N(C)C)c1. The molecule has 5 heteroatoms. The van der Waals surface area contributed by atoms with E-state index in [2.05, 4.69) is 36.0 Å². The van der Waals surface area contributed by atoms with Crippen LogP contribution in [0.5, 0.6) is 5.75 Å². The number of hydrogen-bond donors (Lipinski definition) is 1. The largest absolute Gasteiger partial charge is 0.493 e. The molecule has 1 aromatic heterocycles. The molecule has 0 aliphatic rings. The Morgan fingerprint density at radius 2 is 2.00 bits per heavy atom. The number of methoxy groups -OCH3 is 1. The Bertz CT molecular complexity index is 604. The van der Waals surface area contributed by atoms with E-state index in [1.54, 1.807) is 13.3 Å². The van der Waals surface area contributed by atoms with E-state index in [4.69, 9.17) is 10.5 Å². The summed E-state index contributed by atoms with van der Waals surface area (Å²) in [6.45, 7) is 4.16. The van der Waals surface area contributed by atoms with Crippen molar-refractivity contribution in [3.05, 3.63) is 41.7 Å². The lowest BCUT2D eigenvalue weighted by atomic mass is 10.0. The third kappa shape index (κ3) is 3.03. The fourth-order valence-corrected chi connectivity index (χ4v) is 2.37.